The van der Waals surface area contributed by atoms with E-state index in [0.717, 1.165) is 37.6 Å². The zero-order valence-corrected chi connectivity index (χ0v) is 12.6. The molecule has 1 aromatic heterocycles. The number of aromatic nitrogens is 2. The van der Waals surface area contributed by atoms with Crippen molar-refractivity contribution < 1.29 is 9.47 Å². The van der Waals surface area contributed by atoms with Crippen molar-refractivity contribution in [3.05, 3.63) is 17.6 Å². The number of hydrazine groups is 1. The Balaban J connectivity index is 2.64. The molecule has 0 atom stereocenters. The third-order valence-electron chi connectivity index (χ3n) is 2.85. The van der Waals surface area contributed by atoms with E-state index in [1.807, 2.05) is 13.0 Å². The molecule has 3 N–H and O–H groups in total. The predicted octanol–water partition coefficient (Wildman–Crippen LogP) is 0.556. The highest BCUT2D eigenvalue weighted by atomic mass is 16.5. The van der Waals surface area contributed by atoms with E-state index in [1.165, 1.54) is 0 Å². The third kappa shape index (κ3) is 6.25. The maximum atomic E-state index is 5.41. The zero-order chi connectivity index (χ0) is 14.8. The number of nitrogens with two attached hydrogens (primary N) is 1. The number of ether oxygens (including phenoxy) is 2. The molecule has 7 heteroatoms. The van der Waals surface area contributed by atoms with E-state index in [2.05, 4.69) is 20.3 Å². The summed E-state index contributed by atoms with van der Waals surface area (Å²) in [7, 11) is 3.41. The summed E-state index contributed by atoms with van der Waals surface area (Å²) < 4.78 is 10.2. The quantitative estimate of drug-likeness (QED) is 0.368. The van der Waals surface area contributed by atoms with Crippen LogP contribution in [0.25, 0.3) is 0 Å². The molecular formula is C13H25N5O2. The van der Waals surface area contributed by atoms with Crippen LogP contribution in [0, 0.1) is 6.92 Å². The number of nitrogens with one attached hydrogen (secondary N) is 1. The Kier molecular flexibility index (Phi) is 8.05. The number of aryl methyl sites for hydroxylation is 1. The van der Waals surface area contributed by atoms with E-state index in [-0.39, 0.29) is 0 Å². The fourth-order valence-electron chi connectivity index (χ4n) is 1.90. The van der Waals surface area contributed by atoms with E-state index in [1.54, 1.807) is 14.2 Å². The molecule has 0 spiro atoms. The third-order valence-corrected chi connectivity index (χ3v) is 2.85. The summed E-state index contributed by atoms with van der Waals surface area (Å²) in [5, 5.41) is 0. The largest absolute Gasteiger partial charge is 0.385 e. The van der Waals surface area contributed by atoms with E-state index in [0.29, 0.717) is 19.0 Å². The Labute approximate surface area is 120 Å². The van der Waals surface area contributed by atoms with Crippen molar-refractivity contribution in [2.75, 3.05) is 45.9 Å². The highest BCUT2D eigenvalue weighted by Crippen LogP contribution is 2.07. The predicted molar refractivity (Wildman–Crippen MR) is 78.2 cm³/mol. The lowest BCUT2D eigenvalue weighted by atomic mass is 10.3. The van der Waals surface area contributed by atoms with Crippen LogP contribution in [0.15, 0.2) is 6.07 Å². The first kappa shape index (κ1) is 16.8. The highest BCUT2D eigenvalue weighted by Gasteiger charge is 2.09. The number of nitrogen functional groups attached to an aromatic ring is 1. The first-order valence-electron chi connectivity index (χ1n) is 6.71. The summed E-state index contributed by atoms with van der Waals surface area (Å²) in [5.41, 5.74) is 3.46. The molecule has 0 fully saturated rings. The minimum absolute atomic E-state index is 0.635. The van der Waals surface area contributed by atoms with Crippen LogP contribution in [0.1, 0.15) is 17.9 Å². The molecule has 0 aliphatic rings. The molecular weight excluding hydrogens is 258 g/mol. The van der Waals surface area contributed by atoms with Crippen LogP contribution >= 0.6 is 0 Å². The maximum Gasteiger partial charge on any atom is 0.145 e. The topological polar surface area (TPSA) is 85.5 Å². The maximum absolute atomic E-state index is 5.41. The monoisotopic (exact) mass is 283 g/mol. The second kappa shape index (κ2) is 9.60. The number of rotatable bonds is 10. The van der Waals surface area contributed by atoms with Crippen LogP contribution in [0.5, 0.6) is 0 Å². The van der Waals surface area contributed by atoms with Crippen molar-refractivity contribution in [1.82, 2.24) is 14.9 Å². The molecule has 0 radical (unpaired) electrons. The average molecular weight is 283 g/mol. The average Bonchev–Trinajstić information content (AvgIpc) is 2.44. The molecule has 0 aromatic carbocycles. The molecule has 0 unspecified atom stereocenters. The van der Waals surface area contributed by atoms with Crippen molar-refractivity contribution >= 4 is 5.82 Å². The van der Waals surface area contributed by atoms with Gasteiger partial charge in [-0.2, -0.15) is 0 Å². The molecule has 114 valence electrons. The molecule has 0 aliphatic carbocycles. The van der Waals surface area contributed by atoms with Gasteiger partial charge in [0.05, 0.1) is 13.2 Å². The zero-order valence-electron chi connectivity index (χ0n) is 12.6. The summed E-state index contributed by atoms with van der Waals surface area (Å²) >= 11 is 0. The minimum atomic E-state index is 0.635. The number of nitrogens with zero attached hydrogens (tertiary/aromatic N) is 3. The Bertz CT molecular complexity index is 389. The number of hydrogen-bond donors (Lipinski definition) is 2. The van der Waals surface area contributed by atoms with Gasteiger partial charge in [0, 0.05) is 45.7 Å². The first-order valence-corrected chi connectivity index (χ1v) is 6.71. The molecule has 1 aromatic rings. The Morgan fingerprint density at radius 3 is 2.60 bits per heavy atom. The van der Waals surface area contributed by atoms with Gasteiger partial charge in [0.15, 0.2) is 0 Å². The van der Waals surface area contributed by atoms with Gasteiger partial charge in [0.2, 0.25) is 0 Å². The molecule has 1 heterocycles. The number of methoxy groups -OCH3 is 2. The molecule has 0 saturated carbocycles. The molecule has 0 amide bonds. The summed E-state index contributed by atoms with van der Waals surface area (Å²) in [6, 6.07) is 1.81. The molecule has 1 rings (SSSR count). The Morgan fingerprint density at radius 1 is 1.20 bits per heavy atom. The van der Waals surface area contributed by atoms with Crippen LogP contribution in [0.4, 0.5) is 5.82 Å². The molecule has 20 heavy (non-hydrogen) atoms. The van der Waals surface area contributed by atoms with Crippen molar-refractivity contribution in [3.63, 3.8) is 0 Å². The summed E-state index contributed by atoms with van der Waals surface area (Å²) in [5.74, 6) is 6.80. The Hall–Kier alpha value is -1.28. The van der Waals surface area contributed by atoms with Gasteiger partial charge < -0.3 is 14.9 Å². The molecule has 0 aliphatic heterocycles. The van der Waals surface area contributed by atoms with Gasteiger partial charge in [0.1, 0.15) is 11.6 Å². The van der Waals surface area contributed by atoms with Crippen LogP contribution in [-0.2, 0) is 16.0 Å². The lowest BCUT2D eigenvalue weighted by Crippen LogP contribution is -2.30. The summed E-state index contributed by atoms with van der Waals surface area (Å²) in [4.78, 5) is 11.1. The smallest absolute Gasteiger partial charge is 0.145 e. The van der Waals surface area contributed by atoms with Crippen LogP contribution in [0.3, 0.4) is 0 Å². The van der Waals surface area contributed by atoms with E-state index in [4.69, 9.17) is 15.3 Å². The van der Waals surface area contributed by atoms with Crippen LogP contribution in [0.2, 0.25) is 0 Å². The van der Waals surface area contributed by atoms with Crippen LogP contribution in [-0.4, -0.2) is 55.4 Å². The van der Waals surface area contributed by atoms with E-state index >= 15 is 0 Å². The highest BCUT2D eigenvalue weighted by molar-refractivity contribution is 5.33. The second-order valence-corrected chi connectivity index (χ2v) is 4.57. The van der Waals surface area contributed by atoms with Gasteiger partial charge in [-0.05, 0) is 13.3 Å². The normalized spacial score (nSPS) is 11.1. The van der Waals surface area contributed by atoms with Crippen molar-refractivity contribution in [3.8, 4) is 0 Å². The first-order chi connectivity index (χ1) is 9.69. The lowest BCUT2D eigenvalue weighted by Gasteiger charge is -2.21. The number of hydrogen-bond acceptors (Lipinski definition) is 7. The summed E-state index contributed by atoms with van der Waals surface area (Å²) in [6.45, 7) is 5.78. The SMILES string of the molecule is COCCCN(CCOC)Cc1nc(C)cc(NN)n1. The van der Waals surface area contributed by atoms with Gasteiger partial charge in [-0.1, -0.05) is 0 Å². The fourth-order valence-corrected chi connectivity index (χ4v) is 1.90. The van der Waals surface area contributed by atoms with E-state index in [9.17, 15) is 0 Å². The van der Waals surface area contributed by atoms with Gasteiger partial charge >= 0.3 is 0 Å². The van der Waals surface area contributed by atoms with Gasteiger partial charge in [-0.15, -0.1) is 0 Å². The fraction of sp³-hybridized carbons (Fsp3) is 0.692. The van der Waals surface area contributed by atoms with Crippen molar-refractivity contribution in [1.29, 1.82) is 0 Å². The molecule has 0 bridgehead atoms. The minimum Gasteiger partial charge on any atom is -0.385 e. The number of anilines is 1. The standard InChI is InChI=1S/C13H25N5O2/c1-11-9-12(17-14)16-13(15-11)10-18(6-8-20-3)5-4-7-19-2/h9H,4-8,10,14H2,1-3H3,(H,15,16,17). The van der Waals surface area contributed by atoms with Crippen molar-refractivity contribution in [2.45, 2.75) is 19.9 Å². The molecule has 0 saturated heterocycles. The van der Waals surface area contributed by atoms with Crippen molar-refractivity contribution in [2.24, 2.45) is 5.84 Å². The second-order valence-electron chi connectivity index (χ2n) is 4.57. The Morgan fingerprint density at radius 2 is 1.95 bits per heavy atom. The van der Waals surface area contributed by atoms with Gasteiger partial charge in [0.25, 0.3) is 0 Å². The van der Waals surface area contributed by atoms with Gasteiger partial charge in [-0.3, -0.25) is 4.90 Å². The van der Waals surface area contributed by atoms with E-state index < -0.39 is 0 Å². The van der Waals surface area contributed by atoms with Crippen LogP contribution < -0.4 is 11.3 Å². The van der Waals surface area contributed by atoms with Gasteiger partial charge in [-0.25, -0.2) is 15.8 Å². The summed E-state index contributed by atoms with van der Waals surface area (Å²) in [6.07, 6.45) is 0.966. The molecule has 7 nitrogen and oxygen atoms in total. The lowest BCUT2D eigenvalue weighted by molar-refractivity contribution is 0.127.